The molecule has 2 N–H and O–H groups in total. The summed E-state index contributed by atoms with van der Waals surface area (Å²) in [4.78, 5) is 13.3. The van der Waals surface area contributed by atoms with Crippen molar-refractivity contribution in [2.45, 2.75) is 23.1 Å². The Kier molecular flexibility index (Phi) is 6.00. The van der Waals surface area contributed by atoms with Crippen molar-refractivity contribution in [2.24, 2.45) is 0 Å². The van der Waals surface area contributed by atoms with Gasteiger partial charge in [0.25, 0.3) is 0 Å². The van der Waals surface area contributed by atoms with Crippen LogP contribution in [0.5, 0.6) is 0 Å². The highest BCUT2D eigenvalue weighted by Gasteiger charge is 2.12. The summed E-state index contributed by atoms with van der Waals surface area (Å²) in [5.41, 5.74) is 1.80. The zero-order chi connectivity index (χ0) is 16.1. The average molecular weight is 355 g/mol. The van der Waals surface area contributed by atoms with E-state index in [1.807, 2.05) is 18.2 Å². The molecule has 0 saturated heterocycles. The normalized spacial score (nSPS) is 10.4. The van der Waals surface area contributed by atoms with E-state index in [9.17, 15) is 4.79 Å². The first-order valence-electron chi connectivity index (χ1n) is 6.78. The van der Waals surface area contributed by atoms with E-state index in [-0.39, 0.29) is 6.03 Å². The van der Waals surface area contributed by atoms with Crippen LogP contribution in [0.3, 0.4) is 0 Å². The van der Waals surface area contributed by atoms with Gasteiger partial charge >= 0.3 is 6.03 Å². The third kappa shape index (κ3) is 4.09. The third-order valence-corrected chi connectivity index (χ3v) is 5.13. The Hall–Kier alpha value is -1.36. The van der Waals surface area contributed by atoms with Crippen LogP contribution in [0.25, 0.3) is 0 Å². The van der Waals surface area contributed by atoms with E-state index in [2.05, 4.69) is 23.6 Å². The largest absolute Gasteiger partial charge is 0.341 e. The molecule has 0 heterocycles. The van der Waals surface area contributed by atoms with Crippen molar-refractivity contribution in [2.75, 3.05) is 12.4 Å². The van der Waals surface area contributed by atoms with Crippen molar-refractivity contribution in [3.05, 3.63) is 52.0 Å². The minimum absolute atomic E-state index is 0.316. The molecule has 22 heavy (non-hydrogen) atoms. The summed E-state index contributed by atoms with van der Waals surface area (Å²) < 4.78 is 0. The molecule has 0 aliphatic heterocycles. The zero-order valence-corrected chi connectivity index (χ0v) is 14.6. The number of hydrogen-bond donors (Lipinski definition) is 2. The Labute approximate surface area is 144 Å². The maximum absolute atomic E-state index is 11.3. The van der Waals surface area contributed by atoms with Crippen LogP contribution in [-0.2, 0) is 6.42 Å². The minimum atomic E-state index is -0.316. The number of carbonyl (C=O) groups excluding carboxylic acids is 1. The number of halogens is 2. The molecule has 0 aromatic heterocycles. The number of urea groups is 1. The molecular weight excluding hydrogens is 339 g/mol. The monoisotopic (exact) mass is 354 g/mol. The number of hydrogen-bond acceptors (Lipinski definition) is 2. The van der Waals surface area contributed by atoms with E-state index in [0.717, 1.165) is 16.2 Å². The quantitative estimate of drug-likeness (QED) is 0.765. The number of nitrogens with one attached hydrogen (secondary N) is 2. The van der Waals surface area contributed by atoms with Gasteiger partial charge in [-0.15, -0.1) is 0 Å². The maximum Gasteiger partial charge on any atom is 0.318 e. The molecule has 0 radical (unpaired) electrons. The van der Waals surface area contributed by atoms with Crippen LogP contribution >= 0.6 is 35.0 Å². The minimum Gasteiger partial charge on any atom is -0.341 e. The predicted octanol–water partition coefficient (Wildman–Crippen LogP) is 5.46. The van der Waals surface area contributed by atoms with E-state index in [1.54, 1.807) is 19.2 Å². The second-order valence-electron chi connectivity index (χ2n) is 4.54. The lowest BCUT2D eigenvalue weighted by atomic mass is 10.2. The molecule has 0 atom stereocenters. The van der Waals surface area contributed by atoms with Crippen molar-refractivity contribution >= 4 is 46.7 Å². The van der Waals surface area contributed by atoms with Crippen molar-refractivity contribution in [3.63, 3.8) is 0 Å². The first kappa shape index (κ1) is 17.0. The lowest BCUT2D eigenvalue weighted by molar-refractivity contribution is 0.254. The van der Waals surface area contributed by atoms with Crippen molar-refractivity contribution < 1.29 is 4.79 Å². The van der Waals surface area contributed by atoms with Crippen molar-refractivity contribution in [3.8, 4) is 0 Å². The second-order valence-corrected chi connectivity index (χ2v) is 6.40. The zero-order valence-electron chi connectivity index (χ0n) is 12.2. The van der Waals surface area contributed by atoms with Gasteiger partial charge in [-0.3, -0.25) is 0 Å². The van der Waals surface area contributed by atoms with Crippen LogP contribution in [-0.4, -0.2) is 13.1 Å². The average Bonchev–Trinajstić information content (AvgIpc) is 2.51. The molecule has 116 valence electrons. The fraction of sp³-hybridized carbons (Fsp3) is 0.188. The van der Waals surface area contributed by atoms with E-state index < -0.39 is 0 Å². The Morgan fingerprint density at radius 2 is 1.82 bits per heavy atom. The molecule has 2 aromatic rings. The van der Waals surface area contributed by atoms with Gasteiger partial charge in [-0.05, 0) is 30.2 Å². The SMILES string of the molecule is CCc1ccccc1Sc1c(Cl)cc(NC(=O)NC)cc1Cl. The Morgan fingerprint density at radius 3 is 2.41 bits per heavy atom. The van der Waals surface area contributed by atoms with Crippen molar-refractivity contribution in [1.29, 1.82) is 0 Å². The number of carbonyl (C=O) groups is 1. The summed E-state index contributed by atoms with van der Waals surface area (Å²) in [5.74, 6) is 0. The van der Waals surface area contributed by atoms with Gasteiger partial charge < -0.3 is 10.6 Å². The predicted molar refractivity (Wildman–Crippen MR) is 94.5 cm³/mol. The van der Waals surface area contributed by atoms with Gasteiger partial charge in [-0.1, -0.05) is 60.1 Å². The van der Waals surface area contributed by atoms with Gasteiger partial charge in [0.15, 0.2) is 0 Å². The molecule has 2 rings (SSSR count). The molecule has 6 heteroatoms. The summed E-state index contributed by atoms with van der Waals surface area (Å²) in [6.45, 7) is 2.11. The van der Waals surface area contributed by atoms with E-state index in [0.29, 0.717) is 15.7 Å². The molecule has 0 aliphatic carbocycles. The van der Waals surface area contributed by atoms with Crippen LogP contribution in [0.1, 0.15) is 12.5 Å². The molecule has 2 amide bonds. The molecule has 2 aromatic carbocycles. The Morgan fingerprint density at radius 1 is 1.18 bits per heavy atom. The summed E-state index contributed by atoms with van der Waals surface area (Å²) in [6, 6.07) is 11.2. The van der Waals surface area contributed by atoms with E-state index in [4.69, 9.17) is 23.2 Å². The molecule has 0 fully saturated rings. The summed E-state index contributed by atoms with van der Waals surface area (Å²) in [7, 11) is 1.55. The number of anilines is 1. The molecule has 0 spiro atoms. The fourth-order valence-electron chi connectivity index (χ4n) is 1.93. The van der Waals surface area contributed by atoms with E-state index >= 15 is 0 Å². The number of amides is 2. The van der Waals surface area contributed by atoms with Crippen LogP contribution < -0.4 is 10.6 Å². The molecule has 0 unspecified atom stereocenters. The first-order valence-corrected chi connectivity index (χ1v) is 8.36. The van der Waals surface area contributed by atoms with Gasteiger partial charge in [0, 0.05) is 22.5 Å². The van der Waals surface area contributed by atoms with Crippen LogP contribution in [0.4, 0.5) is 10.5 Å². The first-order chi connectivity index (χ1) is 10.5. The number of rotatable bonds is 4. The second kappa shape index (κ2) is 7.77. The fourth-order valence-corrected chi connectivity index (χ4v) is 3.67. The van der Waals surface area contributed by atoms with Gasteiger partial charge in [-0.2, -0.15) is 0 Å². The highest BCUT2D eigenvalue weighted by Crippen LogP contribution is 2.41. The lowest BCUT2D eigenvalue weighted by Crippen LogP contribution is -2.24. The lowest BCUT2D eigenvalue weighted by Gasteiger charge is -2.12. The summed E-state index contributed by atoms with van der Waals surface area (Å²) in [6.07, 6.45) is 0.939. The van der Waals surface area contributed by atoms with Crippen LogP contribution in [0.15, 0.2) is 46.2 Å². The molecular formula is C16H16Cl2N2OS. The summed E-state index contributed by atoms with van der Waals surface area (Å²) in [5, 5.41) is 6.16. The van der Waals surface area contributed by atoms with Crippen LogP contribution in [0, 0.1) is 0 Å². The third-order valence-electron chi connectivity index (χ3n) is 3.05. The standard InChI is InChI=1S/C16H16Cl2N2OS/c1-3-10-6-4-5-7-14(10)22-15-12(17)8-11(9-13(15)18)20-16(21)19-2/h4-9H,3H2,1-2H3,(H2,19,20,21). The highest BCUT2D eigenvalue weighted by molar-refractivity contribution is 7.99. The molecule has 0 aliphatic rings. The number of aryl methyl sites for hydroxylation is 1. The topological polar surface area (TPSA) is 41.1 Å². The van der Waals surface area contributed by atoms with E-state index in [1.165, 1.54) is 17.3 Å². The van der Waals surface area contributed by atoms with Crippen molar-refractivity contribution in [1.82, 2.24) is 5.32 Å². The molecule has 0 bridgehead atoms. The molecule has 0 saturated carbocycles. The van der Waals surface area contributed by atoms with Gasteiger partial charge in [0.05, 0.1) is 10.0 Å². The van der Waals surface area contributed by atoms with Gasteiger partial charge in [-0.25, -0.2) is 4.79 Å². The summed E-state index contributed by atoms with van der Waals surface area (Å²) >= 11 is 14.2. The smallest absolute Gasteiger partial charge is 0.318 e. The maximum atomic E-state index is 11.3. The Balaban J connectivity index is 2.30. The number of benzene rings is 2. The molecule has 3 nitrogen and oxygen atoms in total. The van der Waals surface area contributed by atoms with Gasteiger partial charge in [0.1, 0.15) is 0 Å². The Bertz CT molecular complexity index is 669. The van der Waals surface area contributed by atoms with Crippen LogP contribution in [0.2, 0.25) is 10.0 Å². The van der Waals surface area contributed by atoms with Gasteiger partial charge in [0.2, 0.25) is 0 Å². The highest BCUT2D eigenvalue weighted by atomic mass is 35.5.